The number of benzene rings is 2. The first kappa shape index (κ1) is 16.4. The number of hydrogen-bond donors (Lipinski definition) is 1. The van der Waals surface area contributed by atoms with Crippen LogP contribution in [0.4, 0.5) is 0 Å². The summed E-state index contributed by atoms with van der Waals surface area (Å²) < 4.78 is 5.66. The summed E-state index contributed by atoms with van der Waals surface area (Å²) in [4.78, 5) is 12.0. The van der Waals surface area contributed by atoms with Crippen LogP contribution < -0.4 is 10.1 Å². The highest BCUT2D eigenvalue weighted by atomic mass is 35.5. The third kappa shape index (κ3) is 5.08. The zero-order chi connectivity index (χ0) is 15.9. The van der Waals surface area contributed by atoms with Crippen LogP contribution in [-0.2, 0) is 11.2 Å². The lowest BCUT2D eigenvalue weighted by molar-refractivity contribution is -0.121. The van der Waals surface area contributed by atoms with Gasteiger partial charge in [-0.1, -0.05) is 47.5 Å². The van der Waals surface area contributed by atoms with Crippen LogP contribution >= 0.6 is 11.6 Å². The van der Waals surface area contributed by atoms with Gasteiger partial charge in [-0.3, -0.25) is 4.79 Å². The number of nitrogens with one attached hydrogen (secondary N) is 1. The van der Waals surface area contributed by atoms with Crippen molar-refractivity contribution in [3.05, 3.63) is 64.7 Å². The normalized spacial score (nSPS) is 11.8. The Bertz CT molecular complexity index is 625. The van der Waals surface area contributed by atoms with Crippen molar-refractivity contribution < 1.29 is 9.53 Å². The van der Waals surface area contributed by atoms with E-state index in [0.29, 0.717) is 11.6 Å². The van der Waals surface area contributed by atoms with Gasteiger partial charge in [-0.25, -0.2) is 0 Å². The van der Waals surface area contributed by atoms with Crippen molar-refractivity contribution in [3.8, 4) is 5.75 Å². The largest absolute Gasteiger partial charge is 0.491 e. The summed E-state index contributed by atoms with van der Waals surface area (Å²) >= 11 is 6.05. The van der Waals surface area contributed by atoms with Crippen LogP contribution in [0, 0.1) is 6.92 Å². The Morgan fingerprint density at radius 1 is 1.18 bits per heavy atom. The van der Waals surface area contributed by atoms with Gasteiger partial charge in [-0.05, 0) is 37.6 Å². The number of hydrogen-bond acceptors (Lipinski definition) is 2. The highest BCUT2D eigenvalue weighted by Gasteiger charge is 2.10. The molecule has 0 bridgehead atoms. The molecule has 0 aromatic heterocycles. The van der Waals surface area contributed by atoms with E-state index >= 15 is 0 Å². The molecule has 0 aliphatic heterocycles. The molecule has 0 fully saturated rings. The van der Waals surface area contributed by atoms with Crippen LogP contribution in [0.3, 0.4) is 0 Å². The standard InChI is InChI=1S/C18H20ClNO2/c1-13-7-9-16(10-8-13)22-12-14(2)20-18(21)11-15-5-3-4-6-17(15)19/h3-10,14H,11-12H2,1-2H3,(H,20,21)/t14-/m1/s1. The highest BCUT2D eigenvalue weighted by molar-refractivity contribution is 6.31. The first-order valence-electron chi connectivity index (χ1n) is 7.27. The molecule has 1 amide bonds. The first-order chi connectivity index (χ1) is 10.5. The van der Waals surface area contributed by atoms with Crippen molar-refractivity contribution >= 4 is 17.5 Å². The summed E-state index contributed by atoms with van der Waals surface area (Å²) in [6.07, 6.45) is 0.272. The Labute approximate surface area is 136 Å². The Morgan fingerprint density at radius 3 is 2.55 bits per heavy atom. The summed E-state index contributed by atoms with van der Waals surface area (Å²) in [6, 6.07) is 15.1. The van der Waals surface area contributed by atoms with Crippen LogP contribution in [0.25, 0.3) is 0 Å². The van der Waals surface area contributed by atoms with E-state index in [1.54, 1.807) is 6.07 Å². The monoisotopic (exact) mass is 317 g/mol. The molecule has 2 aromatic rings. The van der Waals surface area contributed by atoms with Crippen molar-refractivity contribution in [2.45, 2.75) is 26.3 Å². The molecule has 0 spiro atoms. The zero-order valence-electron chi connectivity index (χ0n) is 12.8. The van der Waals surface area contributed by atoms with E-state index in [4.69, 9.17) is 16.3 Å². The average molecular weight is 318 g/mol. The van der Waals surface area contributed by atoms with E-state index < -0.39 is 0 Å². The summed E-state index contributed by atoms with van der Waals surface area (Å²) in [5.41, 5.74) is 2.02. The van der Waals surface area contributed by atoms with Gasteiger partial charge in [0.1, 0.15) is 12.4 Å². The molecule has 116 valence electrons. The molecular weight excluding hydrogens is 298 g/mol. The van der Waals surface area contributed by atoms with Crippen LogP contribution in [-0.4, -0.2) is 18.6 Å². The minimum absolute atomic E-state index is 0.0619. The first-order valence-corrected chi connectivity index (χ1v) is 7.64. The third-order valence-electron chi connectivity index (χ3n) is 3.24. The third-order valence-corrected chi connectivity index (χ3v) is 3.61. The fraction of sp³-hybridized carbons (Fsp3) is 0.278. The maximum absolute atomic E-state index is 12.0. The van der Waals surface area contributed by atoms with Gasteiger partial charge in [-0.2, -0.15) is 0 Å². The molecule has 0 aliphatic rings. The van der Waals surface area contributed by atoms with Crippen molar-refractivity contribution in [1.82, 2.24) is 5.32 Å². The molecular formula is C18H20ClNO2. The van der Waals surface area contributed by atoms with E-state index in [1.165, 1.54) is 5.56 Å². The molecule has 0 saturated heterocycles. The molecule has 1 N–H and O–H groups in total. The predicted molar refractivity (Wildman–Crippen MR) is 89.4 cm³/mol. The lowest BCUT2D eigenvalue weighted by Crippen LogP contribution is -2.37. The van der Waals surface area contributed by atoms with Crippen LogP contribution in [0.2, 0.25) is 5.02 Å². The number of carbonyl (C=O) groups excluding carboxylic acids is 1. The maximum atomic E-state index is 12.0. The summed E-state index contributed by atoms with van der Waals surface area (Å²) in [5, 5.41) is 3.53. The highest BCUT2D eigenvalue weighted by Crippen LogP contribution is 2.15. The Kier molecular flexibility index (Phi) is 5.84. The van der Waals surface area contributed by atoms with Gasteiger partial charge in [0.25, 0.3) is 0 Å². The molecule has 2 rings (SSSR count). The van der Waals surface area contributed by atoms with Gasteiger partial charge >= 0.3 is 0 Å². The second-order valence-corrected chi connectivity index (χ2v) is 5.77. The van der Waals surface area contributed by atoms with Gasteiger partial charge < -0.3 is 10.1 Å². The topological polar surface area (TPSA) is 38.3 Å². The second kappa shape index (κ2) is 7.85. The van der Waals surface area contributed by atoms with E-state index in [2.05, 4.69) is 5.32 Å². The lowest BCUT2D eigenvalue weighted by atomic mass is 10.1. The fourth-order valence-corrected chi connectivity index (χ4v) is 2.24. The molecule has 4 heteroatoms. The Balaban J connectivity index is 1.79. The predicted octanol–water partition coefficient (Wildman–Crippen LogP) is 3.77. The number of ether oxygens (including phenoxy) is 1. The number of aryl methyl sites for hydroxylation is 1. The molecule has 2 aromatic carbocycles. The van der Waals surface area contributed by atoms with E-state index in [0.717, 1.165) is 11.3 Å². The lowest BCUT2D eigenvalue weighted by Gasteiger charge is -2.15. The Hall–Kier alpha value is -2.00. The van der Waals surface area contributed by atoms with E-state index in [-0.39, 0.29) is 18.4 Å². The summed E-state index contributed by atoms with van der Waals surface area (Å²) in [6.45, 7) is 4.37. The molecule has 0 aliphatic carbocycles. The molecule has 0 saturated carbocycles. The van der Waals surface area contributed by atoms with E-state index in [9.17, 15) is 4.79 Å². The van der Waals surface area contributed by atoms with Gasteiger partial charge in [0.2, 0.25) is 5.91 Å². The Morgan fingerprint density at radius 2 is 1.86 bits per heavy atom. The van der Waals surface area contributed by atoms with Crippen molar-refractivity contribution in [2.75, 3.05) is 6.61 Å². The molecule has 1 atom stereocenters. The van der Waals surface area contributed by atoms with Crippen LogP contribution in [0.5, 0.6) is 5.75 Å². The molecule has 0 radical (unpaired) electrons. The van der Waals surface area contributed by atoms with Crippen LogP contribution in [0.1, 0.15) is 18.1 Å². The maximum Gasteiger partial charge on any atom is 0.224 e. The van der Waals surface area contributed by atoms with Crippen molar-refractivity contribution in [2.24, 2.45) is 0 Å². The fourth-order valence-electron chi connectivity index (χ4n) is 2.04. The molecule has 0 unspecified atom stereocenters. The van der Waals surface area contributed by atoms with Crippen molar-refractivity contribution in [1.29, 1.82) is 0 Å². The van der Waals surface area contributed by atoms with Gasteiger partial charge in [0.05, 0.1) is 12.5 Å². The summed E-state index contributed by atoms with van der Waals surface area (Å²) in [5.74, 6) is 0.742. The quantitative estimate of drug-likeness (QED) is 0.880. The van der Waals surface area contributed by atoms with Crippen molar-refractivity contribution in [3.63, 3.8) is 0 Å². The minimum Gasteiger partial charge on any atom is -0.491 e. The van der Waals surface area contributed by atoms with Gasteiger partial charge in [0.15, 0.2) is 0 Å². The van der Waals surface area contributed by atoms with Gasteiger partial charge in [0, 0.05) is 5.02 Å². The number of halogens is 1. The summed E-state index contributed by atoms with van der Waals surface area (Å²) in [7, 11) is 0. The van der Waals surface area contributed by atoms with E-state index in [1.807, 2.05) is 56.3 Å². The minimum atomic E-state index is -0.0729. The molecule has 3 nitrogen and oxygen atoms in total. The molecule has 0 heterocycles. The number of carbonyl (C=O) groups is 1. The zero-order valence-corrected chi connectivity index (χ0v) is 13.6. The number of amides is 1. The average Bonchev–Trinajstić information content (AvgIpc) is 2.49. The second-order valence-electron chi connectivity index (χ2n) is 5.36. The van der Waals surface area contributed by atoms with Gasteiger partial charge in [-0.15, -0.1) is 0 Å². The number of rotatable bonds is 6. The SMILES string of the molecule is Cc1ccc(OC[C@@H](C)NC(=O)Cc2ccccc2Cl)cc1. The van der Waals surface area contributed by atoms with Crippen LogP contribution in [0.15, 0.2) is 48.5 Å². The smallest absolute Gasteiger partial charge is 0.224 e. The molecule has 22 heavy (non-hydrogen) atoms.